The highest BCUT2D eigenvalue weighted by molar-refractivity contribution is 6.31. The first-order valence-electron chi connectivity index (χ1n) is 11.2. The number of rotatable bonds is 10. The zero-order valence-electron chi connectivity index (χ0n) is 19.9. The molecule has 4 aromatic rings. The predicted octanol–water partition coefficient (Wildman–Crippen LogP) is 2.76. The maximum absolute atomic E-state index is 15.3. The number of aromatic carboxylic acids is 1. The molecule has 2 amide bonds. The Balaban J connectivity index is 1.79. The molecule has 14 heteroatoms. The highest BCUT2D eigenvalue weighted by Gasteiger charge is 2.33. The molecule has 198 valence electrons. The van der Waals surface area contributed by atoms with Gasteiger partial charge in [0.2, 0.25) is 12.2 Å². The van der Waals surface area contributed by atoms with Crippen molar-refractivity contribution >= 4 is 47.0 Å². The lowest BCUT2D eigenvalue weighted by Crippen LogP contribution is -2.52. The number of aromatic nitrogens is 4. The number of carboxylic acid groups (broad SMARTS) is 1. The second-order valence-electron chi connectivity index (χ2n) is 7.99. The smallest absolute Gasteiger partial charge is 0.337 e. The molecule has 0 fully saturated rings. The number of tetrazole rings is 1. The molecular formula is C25H19ClFN7O5. The van der Waals surface area contributed by atoms with Crippen LogP contribution in [0.5, 0.6) is 0 Å². The number of nitrogens with zero attached hydrogens (tertiary/aromatic N) is 5. The van der Waals surface area contributed by atoms with Crippen molar-refractivity contribution in [3.8, 4) is 5.69 Å². The molecule has 1 atom stereocenters. The van der Waals surface area contributed by atoms with Crippen molar-refractivity contribution in [3.05, 3.63) is 95.0 Å². The van der Waals surface area contributed by atoms with Gasteiger partial charge in [0.05, 0.1) is 22.0 Å². The summed E-state index contributed by atoms with van der Waals surface area (Å²) in [5.41, 5.74) is 2.47. The second kappa shape index (κ2) is 11.9. The van der Waals surface area contributed by atoms with Gasteiger partial charge in [-0.3, -0.25) is 19.8 Å². The third kappa shape index (κ3) is 6.05. The maximum Gasteiger partial charge on any atom is 0.337 e. The van der Waals surface area contributed by atoms with E-state index in [1.54, 1.807) is 30.3 Å². The summed E-state index contributed by atoms with van der Waals surface area (Å²) in [7, 11) is 0. The van der Waals surface area contributed by atoms with Crippen molar-refractivity contribution in [2.24, 2.45) is 0 Å². The molecule has 0 radical (unpaired) electrons. The van der Waals surface area contributed by atoms with Crippen molar-refractivity contribution in [2.75, 3.05) is 10.7 Å². The summed E-state index contributed by atoms with van der Waals surface area (Å²) in [5.74, 6) is -4.39. The summed E-state index contributed by atoms with van der Waals surface area (Å²) < 4.78 is 16.4. The first-order chi connectivity index (χ1) is 18.8. The van der Waals surface area contributed by atoms with Gasteiger partial charge in [0.1, 0.15) is 18.1 Å². The van der Waals surface area contributed by atoms with Crippen LogP contribution in [0.3, 0.4) is 0 Å². The quantitative estimate of drug-likeness (QED) is 0.153. The highest BCUT2D eigenvalue weighted by atomic mass is 35.5. The highest BCUT2D eigenvalue weighted by Crippen LogP contribution is 2.30. The molecule has 0 spiro atoms. The van der Waals surface area contributed by atoms with Crippen LogP contribution < -0.4 is 10.7 Å². The number of aldehydes is 1. The molecule has 0 aliphatic rings. The van der Waals surface area contributed by atoms with Crippen LogP contribution >= 0.6 is 11.6 Å². The molecule has 0 aliphatic heterocycles. The Morgan fingerprint density at radius 3 is 2.46 bits per heavy atom. The number of halogens is 2. The summed E-state index contributed by atoms with van der Waals surface area (Å²) in [5, 5.41) is 23.1. The lowest BCUT2D eigenvalue weighted by Gasteiger charge is -2.31. The number of carbonyl (C=O) groups excluding carboxylic acids is 3. The fourth-order valence-corrected chi connectivity index (χ4v) is 3.86. The lowest BCUT2D eigenvalue weighted by atomic mass is 10.0. The van der Waals surface area contributed by atoms with Gasteiger partial charge in [0.15, 0.2) is 5.82 Å². The Bertz CT molecular complexity index is 1520. The standard InChI is InChI=1S/C25H19ClFN7O5/c26-17-10-11-19(33-14-28-31-32-33)23(22(17)27)30-34(21(36)13-35)20(12-15-6-2-1-3-7-15)24(37)29-18-9-5-4-8-16(18)25(38)39/h1-11,13-14,20,30H,12H2,(H,29,37)(H,38,39). The molecule has 0 aliphatic carbocycles. The van der Waals surface area contributed by atoms with Crippen LogP contribution in [0.25, 0.3) is 5.69 Å². The molecule has 0 saturated heterocycles. The Kier molecular flexibility index (Phi) is 8.21. The molecule has 12 nitrogen and oxygen atoms in total. The van der Waals surface area contributed by atoms with Gasteiger partial charge in [-0.1, -0.05) is 54.1 Å². The number of hydrogen-bond acceptors (Lipinski definition) is 8. The predicted molar refractivity (Wildman–Crippen MR) is 137 cm³/mol. The number of para-hydroxylation sites is 1. The Morgan fingerprint density at radius 1 is 1.08 bits per heavy atom. The molecule has 3 N–H and O–H groups in total. The van der Waals surface area contributed by atoms with E-state index < -0.39 is 35.3 Å². The van der Waals surface area contributed by atoms with E-state index in [9.17, 15) is 24.3 Å². The molecule has 1 aromatic heterocycles. The largest absolute Gasteiger partial charge is 0.478 e. The first kappa shape index (κ1) is 26.9. The Hall–Kier alpha value is -5.17. The SMILES string of the molecule is O=CC(=O)N(Nc1c(-n2cnnn2)ccc(Cl)c1F)C(Cc1ccccc1)C(=O)Nc1ccccc1C(=O)O. The summed E-state index contributed by atoms with van der Waals surface area (Å²) in [6.07, 6.45) is 0.968. The number of hydrazine groups is 1. The topological polar surface area (TPSA) is 159 Å². The number of carboxylic acids is 1. The van der Waals surface area contributed by atoms with Crippen LogP contribution in [-0.2, 0) is 20.8 Å². The zero-order chi connectivity index (χ0) is 27.9. The van der Waals surface area contributed by atoms with E-state index in [4.69, 9.17) is 11.6 Å². The monoisotopic (exact) mass is 551 g/mol. The van der Waals surface area contributed by atoms with E-state index in [2.05, 4.69) is 26.3 Å². The molecule has 0 saturated carbocycles. The van der Waals surface area contributed by atoms with Gasteiger partial charge < -0.3 is 10.4 Å². The number of hydrogen-bond donors (Lipinski definition) is 3. The van der Waals surface area contributed by atoms with E-state index >= 15 is 4.39 Å². The average molecular weight is 552 g/mol. The van der Waals surface area contributed by atoms with Crippen molar-refractivity contribution < 1.29 is 28.7 Å². The van der Waals surface area contributed by atoms with Crippen LogP contribution in [0, 0.1) is 5.82 Å². The van der Waals surface area contributed by atoms with Gasteiger partial charge in [-0.15, -0.1) is 5.10 Å². The fraction of sp³-hybridized carbons (Fsp3) is 0.0800. The fourth-order valence-electron chi connectivity index (χ4n) is 3.71. The lowest BCUT2D eigenvalue weighted by molar-refractivity contribution is -0.141. The Morgan fingerprint density at radius 2 is 1.79 bits per heavy atom. The van der Waals surface area contributed by atoms with E-state index in [-0.39, 0.29) is 34.7 Å². The zero-order valence-corrected chi connectivity index (χ0v) is 20.6. The number of amides is 2. The molecule has 0 bridgehead atoms. The van der Waals surface area contributed by atoms with Crippen LogP contribution in [0.1, 0.15) is 15.9 Å². The number of nitrogens with one attached hydrogen (secondary N) is 2. The normalized spacial score (nSPS) is 11.3. The van der Waals surface area contributed by atoms with Gasteiger partial charge >= 0.3 is 11.9 Å². The van der Waals surface area contributed by atoms with Crippen molar-refractivity contribution in [2.45, 2.75) is 12.5 Å². The molecule has 4 rings (SSSR count). The third-order valence-electron chi connectivity index (χ3n) is 5.54. The van der Waals surface area contributed by atoms with Crippen molar-refractivity contribution in [1.82, 2.24) is 25.2 Å². The third-order valence-corrected chi connectivity index (χ3v) is 5.83. The first-order valence-corrected chi connectivity index (χ1v) is 11.6. The summed E-state index contributed by atoms with van der Waals surface area (Å²) in [6.45, 7) is 0. The number of carbonyl (C=O) groups is 4. The molecule has 1 heterocycles. The van der Waals surface area contributed by atoms with E-state index in [0.717, 1.165) is 11.0 Å². The minimum Gasteiger partial charge on any atom is -0.478 e. The van der Waals surface area contributed by atoms with Crippen LogP contribution in [-0.4, -0.2) is 60.4 Å². The summed E-state index contributed by atoms with van der Waals surface area (Å²) in [4.78, 5) is 49.8. The number of benzene rings is 3. The van der Waals surface area contributed by atoms with Crippen molar-refractivity contribution in [3.63, 3.8) is 0 Å². The van der Waals surface area contributed by atoms with Crippen molar-refractivity contribution in [1.29, 1.82) is 0 Å². The van der Waals surface area contributed by atoms with Gasteiger partial charge in [0, 0.05) is 6.42 Å². The minimum atomic E-state index is -1.48. The van der Waals surface area contributed by atoms with Crippen LogP contribution in [0.2, 0.25) is 5.02 Å². The van der Waals surface area contributed by atoms with E-state index in [1.807, 2.05) is 0 Å². The average Bonchev–Trinajstić information content (AvgIpc) is 3.48. The Labute approximate surface area is 225 Å². The summed E-state index contributed by atoms with van der Waals surface area (Å²) in [6, 6.07) is 15.3. The van der Waals surface area contributed by atoms with Gasteiger partial charge in [-0.2, -0.15) is 4.68 Å². The van der Waals surface area contributed by atoms with Crippen LogP contribution in [0.15, 0.2) is 73.1 Å². The molecule has 1 unspecified atom stereocenters. The second-order valence-corrected chi connectivity index (χ2v) is 8.40. The van der Waals surface area contributed by atoms with Gasteiger partial charge in [0.25, 0.3) is 0 Å². The minimum absolute atomic E-state index is 0.0145. The number of anilines is 2. The molecule has 39 heavy (non-hydrogen) atoms. The van der Waals surface area contributed by atoms with E-state index in [0.29, 0.717) is 10.6 Å². The molecule has 3 aromatic carbocycles. The maximum atomic E-state index is 15.3. The van der Waals surface area contributed by atoms with Gasteiger partial charge in [-0.25, -0.2) is 14.2 Å². The summed E-state index contributed by atoms with van der Waals surface area (Å²) >= 11 is 5.99. The van der Waals surface area contributed by atoms with Crippen LogP contribution in [0.4, 0.5) is 15.8 Å². The van der Waals surface area contributed by atoms with E-state index in [1.165, 1.54) is 36.4 Å². The van der Waals surface area contributed by atoms with Gasteiger partial charge in [-0.05, 0) is 40.3 Å². The molecular weight excluding hydrogens is 533 g/mol.